The molecule has 0 aromatic heterocycles. The molecule has 10 heavy (non-hydrogen) atoms. The fourth-order valence-corrected chi connectivity index (χ4v) is 0.446. The van der Waals surface area contributed by atoms with Gasteiger partial charge < -0.3 is 0 Å². The van der Waals surface area contributed by atoms with Crippen LogP contribution < -0.4 is 0 Å². The zero-order valence-corrected chi connectivity index (χ0v) is 5.58. The average molecular weight is 157 g/mol. The van der Waals surface area contributed by atoms with Gasteiger partial charge in [0.25, 0.3) is 0 Å². The highest BCUT2D eigenvalue weighted by atomic mass is 19.3. The maximum Gasteiger partial charge on any atom is 0.238 e. The van der Waals surface area contributed by atoms with Crippen LogP contribution in [0.25, 0.3) is 0 Å². The van der Waals surface area contributed by atoms with Crippen molar-refractivity contribution in [1.82, 2.24) is 0 Å². The second-order valence-electron chi connectivity index (χ2n) is 1.99. The Morgan fingerprint density at radius 3 is 2.10 bits per heavy atom. The Hall–Kier alpha value is -0.280. The third kappa shape index (κ3) is 4.58. The van der Waals surface area contributed by atoms with Crippen LogP contribution >= 0.6 is 0 Å². The second-order valence-corrected chi connectivity index (χ2v) is 1.99. The predicted octanol–water partition coefficient (Wildman–Crippen LogP) is 2.89. The van der Waals surface area contributed by atoms with Crippen molar-refractivity contribution in [3.63, 3.8) is 0 Å². The molecule has 1 radical (unpaired) electrons. The van der Waals surface area contributed by atoms with E-state index in [1.807, 2.05) is 0 Å². The fourth-order valence-electron chi connectivity index (χ4n) is 0.446. The first-order valence-corrected chi connectivity index (χ1v) is 2.97. The molecular weight excluding hydrogens is 148 g/mol. The van der Waals surface area contributed by atoms with Gasteiger partial charge in [0.2, 0.25) is 6.43 Å². The molecular formula is C6H9F4. The van der Waals surface area contributed by atoms with E-state index >= 15 is 0 Å². The van der Waals surface area contributed by atoms with Crippen molar-refractivity contribution in [2.45, 2.75) is 32.4 Å². The van der Waals surface area contributed by atoms with Gasteiger partial charge in [0, 0.05) is 6.42 Å². The van der Waals surface area contributed by atoms with E-state index in [0.717, 1.165) is 6.92 Å². The van der Waals surface area contributed by atoms with Crippen LogP contribution in [0.3, 0.4) is 0 Å². The van der Waals surface area contributed by atoms with Gasteiger partial charge in [-0.25, -0.2) is 17.6 Å². The first-order chi connectivity index (χ1) is 4.54. The van der Waals surface area contributed by atoms with Crippen LogP contribution in [0.2, 0.25) is 0 Å². The van der Waals surface area contributed by atoms with Crippen molar-refractivity contribution in [3.05, 3.63) is 6.17 Å². The minimum Gasteiger partial charge on any atom is -0.244 e. The molecule has 0 heterocycles. The molecule has 0 aliphatic carbocycles. The van der Waals surface area contributed by atoms with E-state index < -0.39 is 31.6 Å². The summed E-state index contributed by atoms with van der Waals surface area (Å²) in [5.41, 5.74) is 0. The molecule has 0 nitrogen and oxygen atoms in total. The smallest absolute Gasteiger partial charge is 0.238 e. The summed E-state index contributed by atoms with van der Waals surface area (Å²) in [6.45, 7) is 0.987. The minimum absolute atomic E-state index is 0.477. The maximum absolute atomic E-state index is 12.1. The van der Waals surface area contributed by atoms with Crippen LogP contribution in [-0.2, 0) is 0 Å². The molecule has 0 aliphatic heterocycles. The van der Waals surface area contributed by atoms with Gasteiger partial charge in [-0.15, -0.1) is 0 Å². The Balaban J connectivity index is 3.30. The summed E-state index contributed by atoms with van der Waals surface area (Å²) in [4.78, 5) is 0. The lowest BCUT2D eigenvalue weighted by atomic mass is 10.1. The highest BCUT2D eigenvalue weighted by Crippen LogP contribution is 2.20. The molecule has 0 saturated heterocycles. The molecule has 0 aromatic rings. The van der Waals surface area contributed by atoms with Crippen molar-refractivity contribution in [2.75, 3.05) is 0 Å². The summed E-state index contributed by atoms with van der Waals surface area (Å²) < 4.78 is 46.7. The number of hydrogen-bond donors (Lipinski definition) is 0. The van der Waals surface area contributed by atoms with Crippen molar-refractivity contribution >= 4 is 0 Å². The van der Waals surface area contributed by atoms with Crippen LogP contribution in [0.4, 0.5) is 17.6 Å². The van der Waals surface area contributed by atoms with E-state index in [9.17, 15) is 17.6 Å². The van der Waals surface area contributed by atoms with E-state index in [0.29, 0.717) is 0 Å². The lowest BCUT2D eigenvalue weighted by molar-refractivity contribution is 0.126. The SMILES string of the molecule is CC(F)[C](F)CCC(F)F. The van der Waals surface area contributed by atoms with E-state index in [1.165, 1.54) is 0 Å². The predicted molar refractivity (Wildman–Crippen MR) is 30.2 cm³/mol. The molecule has 0 bridgehead atoms. The lowest BCUT2D eigenvalue weighted by Gasteiger charge is -2.05. The van der Waals surface area contributed by atoms with Gasteiger partial charge in [-0.3, -0.25) is 0 Å². The average Bonchev–Trinajstić information content (AvgIpc) is 1.82. The molecule has 4 heteroatoms. The molecule has 0 aliphatic rings. The Kier molecular flexibility index (Phi) is 4.40. The number of halogens is 4. The fraction of sp³-hybridized carbons (Fsp3) is 0.833. The van der Waals surface area contributed by atoms with Gasteiger partial charge in [-0.05, 0) is 13.3 Å². The second kappa shape index (κ2) is 4.52. The summed E-state index contributed by atoms with van der Waals surface area (Å²) in [6.07, 6.45) is -6.35. The van der Waals surface area contributed by atoms with Crippen molar-refractivity contribution in [1.29, 1.82) is 0 Å². The molecule has 0 fully saturated rings. The van der Waals surface area contributed by atoms with Gasteiger partial charge in [0.1, 0.15) is 6.17 Å². The summed E-state index contributed by atoms with van der Waals surface area (Å²) >= 11 is 0. The number of hydrogen-bond acceptors (Lipinski definition) is 0. The van der Waals surface area contributed by atoms with Gasteiger partial charge in [-0.1, -0.05) is 0 Å². The van der Waals surface area contributed by atoms with Gasteiger partial charge in [0.15, 0.2) is 6.17 Å². The molecule has 0 amide bonds. The first kappa shape index (κ1) is 9.72. The largest absolute Gasteiger partial charge is 0.244 e. The quantitative estimate of drug-likeness (QED) is 0.550. The zero-order chi connectivity index (χ0) is 8.15. The highest BCUT2D eigenvalue weighted by molar-refractivity contribution is 4.82. The van der Waals surface area contributed by atoms with Crippen LogP contribution in [0.1, 0.15) is 19.8 Å². The van der Waals surface area contributed by atoms with Crippen molar-refractivity contribution in [3.8, 4) is 0 Å². The maximum atomic E-state index is 12.1. The summed E-state index contributed by atoms with van der Waals surface area (Å²) in [7, 11) is 0. The Labute approximate surface area is 57.2 Å². The molecule has 0 rings (SSSR count). The first-order valence-electron chi connectivity index (χ1n) is 2.97. The van der Waals surface area contributed by atoms with Gasteiger partial charge >= 0.3 is 0 Å². The van der Waals surface area contributed by atoms with Crippen LogP contribution in [0, 0.1) is 6.17 Å². The highest BCUT2D eigenvalue weighted by Gasteiger charge is 2.18. The third-order valence-electron chi connectivity index (χ3n) is 1.03. The Bertz CT molecular complexity index is 81.8. The van der Waals surface area contributed by atoms with E-state index in [4.69, 9.17) is 0 Å². The number of alkyl halides is 3. The van der Waals surface area contributed by atoms with Crippen LogP contribution in [-0.4, -0.2) is 12.6 Å². The molecule has 0 aromatic carbocycles. The van der Waals surface area contributed by atoms with E-state index in [-0.39, 0.29) is 0 Å². The molecule has 1 unspecified atom stereocenters. The molecule has 1 atom stereocenters. The van der Waals surface area contributed by atoms with Crippen molar-refractivity contribution in [2.24, 2.45) is 0 Å². The normalized spacial score (nSPS) is 14.7. The summed E-state index contributed by atoms with van der Waals surface area (Å²) in [6, 6.07) is 0. The summed E-state index contributed by atoms with van der Waals surface area (Å²) in [5, 5.41) is 0. The number of rotatable bonds is 4. The van der Waals surface area contributed by atoms with Crippen LogP contribution in [0.5, 0.6) is 0 Å². The zero-order valence-electron chi connectivity index (χ0n) is 5.58. The minimum atomic E-state index is -2.55. The lowest BCUT2D eigenvalue weighted by Crippen LogP contribution is -2.05. The van der Waals surface area contributed by atoms with Crippen LogP contribution in [0.15, 0.2) is 0 Å². The van der Waals surface area contributed by atoms with E-state index in [2.05, 4.69) is 0 Å². The van der Waals surface area contributed by atoms with Gasteiger partial charge in [-0.2, -0.15) is 0 Å². The standard InChI is InChI=1S/C6H9F4/c1-4(7)5(8)2-3-6(9)10/h4,6H,2-3H2,1H3. The van der Waals surface area contributed by atoms with E-state index in [1.54, 1.807) is 0 Å². The molecule has 61 valence electrons. The molecule has 0 saturated carbocycles. The molecule has 0 N–H and O–H groups in total. The monoisotopic (exact) mass is 157 g/mol. The molecule has 0 spiro atoms. The Morgan fingerprint density at radius 2 is 1.80 bits per heavy atom. The summed E-state index contributed by atoms with van der Waals surface area (Å²) in [5.74, 6) is 0. The van der Waals surface area contributed by atoms with Crippen molar-refractivity contribution < 1.29 is 17.6 Å². The van der Waals surface area contributed by atoms with Gasteiger partial charge in [0.05, 0.1) is 0 Å². The topological polar surface area (TPSA) is 0 Å². The third-order valence-corrected chi connectivity index (χ3v) is 1.03. The Morgan fingerprint density at radius 1 is 1.30 bits per heavy atom.